The third-order valence-electron chi connectivity index (χ3n) is 1.51. The van der Waals surface area contributed by atoms with E-state index >= 15 is 0 Å². The number of nitrogens with two attached hydrogens (primary N) is 2. The van der Waals surface area contributed by atoms with Crippen LogP contribution in [0.5, 0.6) is 0 Å². The summed E-state index contributed by atoms with van der Waals surface area (Å²) < 4.78 is 19.0. The first kappa shape index (κ1) is 9.02. The molecular formula is C7H10N2O2S. The molecule has 0 aliphatic rings. The molecule has 66 valence electrons. The van der Waals surface area contributed by atoms with Crippen molar-refractivity contribution in [2.75, 3.05) is 11.5 Å². The van der Waals surface area contributed by atoms with Crippen molar-refractivity contribution in [2.45, 2.75) is 5.75 Å². The minimum Gasteiger partial charge on any atom is -0.397 e. The van der Waals surface area contributed by atoms with Crippen LogP contribution >= 0.6 is 0 Å². The summed E-state index contributed by atoms with van der Waals surface area (Å²) in [5, 5.41) is 0. The number of benzene rings is 1. The van der Waals surface area contributed by atoms with Gasteiger partial charge in [0.05, 0.1) is 17.1 Å². The van der Waals surface area contributed by atoms with Gasteiger partial charge in [0.1, 0.15) is 0 Å². The summed E-state index contributed by atoms with van der Waals surface area (Å²) in [6.45, 7) is 0. The molecule has 0 aliphatic heterocycles. The second-order valence-electron chi connectivity index (χ2n) is 2.39. The average molecular weight is 186 g/mol. The van der Waals surface area contributed by atoms with Gasteiger partial charge in [-0.3, -0.25) is 0 Å². The Morgan fingerprint density at radius 3 is 2.67 bits per heavy atom. The van der Waals surface area contributed by atoms with Gasteiger partial charge in [-0.15, -0.1) is 0 Å². The second kappa shape index (κ2) is 3.55. The van der Waals surface area contributed by atoms with Crippen LogP contribution in [0.3, 0.4) is 0 Å². The third kappa shape index (κ3) is 1.96. The molecule has 0 amide bonds. The van der Waals surface area contributed by atoms with Gasteiger partial charge in [-0.25, -0.2) is 4.21 Å². The van der Waals surface area contributed by atoms with Crippen molar-refractivity contribution >= 4 is 22.5 Å². The normalized spacial score (nSPS) is 12.8. The van der Waals surface area contributed by atoms with Crippen LogP contribution in [0.25, 0.3) is 0 Å². The minimum atomic E-state index is -1.87. The SMILES string of the molecule is Nc1cccc(CS(=O)O)c1N. The molecule has 1 unspecified atom stereocenters. The van der Waals surface area contributed by atoms with Crippen LogP contribution < -0.4 is 11.5 Å². The molecule has 4 nitrogen and oxygen atoms in total. The summed E-state index contributed by atoms with van der Waals surface area (Å²) >= 11 is -1.87. The lowest BCUT2D eigenvalue weighted by Crippen LogP contribution is -2.02. The van der Waals surface area contributed by atoms with E-state index in [2.05, 4.69) is 0 Å². The highest BCUT2D eigenvalue weighted by molar-refractivity contribution is 7.78. The van der Waals surface area contributed by atoms with Crippen molar-refractivity contribution in [3.63, 3.8) is 0 Å². The lowest BCUT2D eigenvalue weighted by molar-refractivity contribution is 0.563. The summed E-state index contributed by atoms with van der Waals surface area (Å²) in [7, 11) is 0. The standard InChI is InChI=1S/C7H10N2O2S/c8-6-3-1-2-5(7(6)9)4-12(10)11/h1-3H,4,8-9H2,(H,10,11). The van der Waals surface area contributed by atoms with Gasteiger partial charge in [0.25, 0.3) is 0 Å². The maximum Gasteiger partial charge on any atom is 0.157 e. The summed E-state index contributed by atoms with van der Waals surface area (Å²) in [5.41, 5.74) is 12.5. The molecule has 12 heavy (non-hydrogen) atoms. The number of nitrogen functional groups attached to an aromatic ring is 2. The third-order valence-corrected chi connectivity index (χ3v) is 2.07. The molecule has 0 saturated heterocycles. The largest absolute Gasteiger partial charge is 0.397 e. The molecule has 1 rings (SSSR count). The maximum absolute atomic E-state index is 10.4. The molecule has 1 aromatic rings. The fraction of sp³-hybridized carbons (Fsp3) is 0.143. The zero-order valence-corrected chi connectivity index (χ0v) is 7.17. The van der Waals surface area contributed by atoms with Crippen LogP contribution in [0, 0.1) is 0 Å². The number of hydrogen-bond donors (Lipinski definition) is 3. The molecule has 1 atom stereocenters. The van der Waals surface area contributed by atoms with Crippen LogP contribution in [0.15, 0.2) is 18.2 Å². The first-order chi connectivity index (χ1) is 5.61. The minimum absolute atomic E-state index is 0.0247. The van der Waals surface area contributed by atoms with Gasteiger partial charge in [-0.2, -0.15) is 0 Å². The molecule has 0 aliphatic carbocycles. The van der Waals surface area contributed by atoms with Crippen LogP contribution in [-0.2, 0) is 16.8 Å². The number of para-hydroxylation sites is 1. The quantitative estimate of drug-likeness (QED) is 0.465. The van der Waals surface area contributed by atoms with E-state index in [0.29, 0.717) is 16.9 Å². The molecule has 0 aromatic heterocycles. The fourth-order valence-electron chi connectivity index (χ4n) is 0.892. The highest BCUT2D eigenvalue weighted by Crippen LogP contribution is 2.20. The van der Waals surface area contributed by atoms with E-state index in [1.54, 1.807) is 18.2 Å². The van der Waals surface area contributed by atoms with E-state index < -0.39 is 11.1 Å². The summed E-state index contributed by atoms with van der Waals surface area (Å²) in [4.78, 5) is 0. The molecule has 0 saturated carbocycles. The molecule has 1 aromatic carbocycles. The predicted octanol–water partition coefficient (Wildman–Crippen LogP) is 0.573. The Morgan fingerprint density at radius 2 is 2.08 bits per heavy atom. The first-order valence-electron chi connectivity index (χ1n) is 3.31. The van der Waals surface area contributed by atoms with Gasteiger partial charge in [-0.05, 0) is 11.6 Å². The highest BCUT2D eigenvalue weighted by atomic mass is 32.2. The molecular weight excluding hydrogens is 176 g/mol. The van der Waals surface area contributed by atoms with E-state index in [9.17, 15) is 4.21 Å². The van der Waals surface area contributed by atoms with Gasteiger partial charge in [0.2, 0.25) is 0 Å². The summed E-state index contributed by atoms with van der Waals surface area (Å²) in [5.74, 6) is 0.0247. The van der Waals surface area contributed by atoms with E-state index in [1.807, 2.05) is 0 Å². The van der Waals surface area contributed by atoms with Crippen LogP contribution in [0.1, 0.15) is 5.56 Å². The summed E-state index contributed by atoms with van der Waals surface area (Å²) in [6, 6.07) is 5.03. The van der Waals surface area contributed by atoms with E-state index in [-0.39, 0.29) is 5.75 Å². The zero-order valence-electron chi connectivity index (χ0n) is 6.36. The van der Waals surface area contributed by atoms with Crippen LogP contribution in [0.2, 0.25) is 0 Å². The van der Waals surface area contributed by atoms with Crippen molar-refractivity contribution in [2.24, 2.45) is 0 Å². The fourth-order valence-corrected chi connectivity index (χ4v) is 1.41. The molecule has 0 radical (unpaired) electrons. The van der Waals surface area contributed by atoms with Crippen molar-refractivity contribution in [1.82, 2.24) is 0 Å². The van der Waals surface area contributed by atoms with E-state index in [0.717, 1.165) is 0 Å². The Labute approximate surface area is 72.9 Å². The molecule has 0 bridgehead atoms. The van der Waals surface area contributed by atoms with Crippen molar-refractivity contribution in [1.29, 1.82) is 0 Å². The Kier molecular flexibility index (Phi) is 2.67. The van der Waals surface area contributed by atoms with Crippen LogP contribution in [0.4, 0.5) is 11.4 Å². The van der Waals surface area contributed by atoms with Crippen molar-refractivity contribution < 1.29 is 8.76 Å². The van der Waals surface area contributed by atoms with Crippen molar-refractivity contribution in [3.05, 3.63) is 23.8 Å². The van der Waals surface area contributed by atoms with Gasteiger partial charge in [-0.1, -0.05) is 12.1 Å². The lowest BCUT2D eigenvalue weighted by atomic mass is 10.2. The zero-order chi connectivity index (χ0) is 9.14. The first-order valence-corrected chi connectivity index (χ1v) is 4.59. The molecule has 5 N–H and O–H groups in total. The smallest absolute Gasteiger partial charge is 0.157 e. The monoisotopic (exact) mass is 186 g/mol. The predicted molar refractivity (Wildman–Crippen MR) is 49.7 cm³/mol. The Morgan fingerprint density at radius 1 is 1.42 bits per heavy atom. The number of rotatable bonds is 2. The average Bonchev–Trinajstić information content (AvgIpc) is 1.98. The van der Waals surface area contributed by atoms with Gasteiger partial charge in [0.15, 0.2) is 11.1 Å². The molecule has 0 spiro atoms. The maximum atomic E-state index is 10.4. The number of anilines is 2. The molecule has 0 heterocycles. The summed E-state index contributed by atoms with van der Waals surface area (Å²) in [6.07, 6.45) is 0. The van der Waals surface area contributed by atoms with Gasteiger partial charge < -0.3 is 16.0 Å². The number of hydrogen-bond acceptors (Lipinski definition) is 3. The van der Waals surface area contributed by atoms with E-state index in [4.69, 9.17) is 16.0 Å². The highest BCUT2D eigenvalue weighted by Gasteiger charge is 2.04. The Bertz CT molecular complexity index is 314. The lowest BCUT2D eigenvalue weighted by Gasteiger charge is -2.04. The molecule has 5 heteroatoms. The van der Waals surface area contributed by atoms with E-state index in [1.165, 1.54) is 0 Å². The Hall–Kier alpha value is -1.07. The van der Waals surface area contributed by atoms with Crippen molar-refractivity contribution in [3.8, 4) is 0 Å². The van der Waals surface area contributed by atoms with Crippen LogP contribution in [-0.4, -0.2) is 8.76 Å². The Balaban J connectivity index is 3.00. The molecule has 0 fully saturated rings. The van der Waals surface area contributed by atoms with Gasteiger partial charge in [0, 0.05) is 0 Å². The van der Waals surface area contributed by atoms with Gasteiger partial charge >= 0.3 is 0 Å². The second-order valence-corrected chi connectivity index (χ2v) is 3.32. The topological polar surface area (TPSA) is 89.3 Å².